The van der Waals surface area contributed by atoms with Crippen LogP contribution in [0.25, 0.3) is 0 Å². The Morgan fingerprint density at radius 3 is 2.15 bits per heavy atom. The molecule has 3 rings (SSSR count). The summed E-state index contributed by atoms with van der Waals surface area (Å²) in [5.74, 6) is -1.58. The molecule has 1 aliphatic heterocycles. The lowest BCUT2D eigenvalue weighted by molar-refractivity contribution is -0.105. The Kier molecular flexibility index (Phi) is 2.76. The van der Waals surface area contributed by atoms with Crippen molar-refractivity contribution < 1.29 is 23.3 Å². The van der Waals surface area contributed by atoms with Gasteiger partial charge in [0.2, 0.25) is 0 Å². The zero-order chi connectivity index (χ0) is 14.3. The summed E-state index contributed by atoms with van der Waals surface area (Å²) >= 11 is 0. The van der Waals surface area contributed by atoms with Crippen LogP contribution in [0.5, 0.6) is 0 Å². The monoisotopic (exact) mass is 275 g/mol. The maximum atomic E-state index is 12.0. The summed E-state index contributed by atoms with van der Waals surface area (Å²) < 4.78 is 9.38. The van der Waals surface area contributed by atoms with Crippen molar-refractivity contribution in [1.82, 2.24) is 5.06 Å². The number of imide groups is 1. The summed E-state index contributed by atoms with van der Waals surface area (Å²) in [7, 11) is 0. The van der Waals surface area contributed by atoms with Gasteiger partial charge in [-0.1, -0.05) is 12.1 Å². The molecule has 0 aliphatic carbocycles. The van der Waals surface area contributed by atoms with E-state index in [-0.39, 0.29) is 29.3 Å². The number of benzene rings is 1. The summed E-state index contributed by atoms with van der Waals surface area (Å²) in [5, 5.41) is 0.650. The zero-order valence-electron chi connectivity index (χ0n) is 10.4. The molecule has 2 amide bonds. The normalized spacial score (nSPS) is 13.9. The van der Waals surface area contributed by atoms with E-state index >= 15 is 0 Å². The van der Waals surface area contributed by atoms with Crippen molar-refractivity contribution in [3.8, 4) is 0 Å². The Labute approximate surface area is 112 Å². The van der Waals surface area contributed by atoms with E-state index in [0.717, 1.165) is 0 Å². The quantitative estimate of drug-likeness (QED) is 0.783. The van der Waals surface area contributed by atoms with E-state index < -0.39 is 17.6 Å². The van der Waals surface area contributed by atoms with Gasteiger partial charge in [-0.05, 0) is 19.1 Å². The molecule has 1 aromatic heterocycles. The Morgan fingerprint density at radius 1 is 1.05 bits per heavy atom. The third kappa shape index (κ3) is 1.84. The highest BCUT2D eigenvalue weighted by atomic mass is 16.7. The molecule has 7 nitrogen and oxygen atoms in total. The third-order valence-corrected chi connectivity index (χ3v) is 2.92. The van der Waals surface area contributed by atoms with E-state index in [1.165, 1.54) is 6.92 Å². The van der Waals surface area contributed by atoms with Gasteiger partial charge in [-0.25, -0.2) is 4.79 Å². The minimum Gasteiger partial charge on any atom is -0.396 e. The number of hydrogen-bond donors (Lipinski definition) is 0. The lowest BCUT2D eigenvalue weighted by Gasteiger charge is -2.11. The van der Waals surface area contributed by atoms with Crippen LogP contribution in [0, 0.1) is 6.92 Å². The predicted molar refractivity (Wildman–Crippen MR) is 63.7 cm³/mol. The number of amides is 2. The van der Waals surface area contributed by atoms with Crippen LogP contribution in [0.15, 0.2) is 37.9 Å². The van der Waals surface area contributed by atoms with Crippen LogP contribution in [-0.2, 0) is 11.4 Å². The molecular weight excluding hydrogens is 266 g/mol. The fourth-order valence-electron chi connectivity index (χ4n) is 1.91. The largest absolute Gasteiger partial charge is 0.519 e. The second-order valence-corrected chi connectivity index (χ2v) is 4.16. The van der Waals surface area contributed by atoms with Crippen LogP contribution in [0.2, 0.25) is 0 Å². The molecule has 1 aromatic carbocycles. The Hall–Kier alpha value is -2.67. The molecule has 20 heavy (non-hydrogen) atoms. The number of hydrogen-bond acceptors (Lipinski definition) is 6. The first-order valence-electron chi connectivity index (χ1n) is 5.78. The van der Waals surface area contributed by atoms with E-state index in [4.69, 9.17) is 9.25 Å². The fourth-order valence-corrected chi connectivity index (χ4v) is 1.91. The van der Waals surface area contributed by atoms with Gasteiger partial charge in [0.15, 0.2) is 5.76 Å². The highest BCUT2D eigenvalue weighted by Gasteiger charge is 2.36. The minimum absolute atomic E-state index is 0.131. The van der Waals surface area contributed by atoms with Gasteiger partial charge in [0.05, 0.1) is 11.1 Å². The van der Waals surface area contributed by atoms with Crippen LogP contribution in [-0.4, -0.2) is 16.9 Å². The molecule has 0 saturated heterocycles. The van der Waals surface area contributed by atoms with Gasteiger partial charge in [0.25, 0.3) is 11.8 Å². The molecule has 2 aromatic rings. The van der Waals surface area contributed by atoms with Crippen LogP contribution >= 0.6 is 0 Å². The topological polar surface area (TPSA) is 90.0 Å². The molecule has 0 N–H and O–H groups in total. The second kappa shape index (κ2) is 4.46. The molecule has 102 valence electrons. The molecular formula is C13H9NO6. The maximum Gasteiger partial charge on any atom is 0.519 e. The van der Waals surface area contributed by atoms with Crippen LogP contribution in [0.4, 0.5) is 0 Å². The molecule has 0 atom stereocenters. The van der Waals surface area contributed by atoms with Crippen molar-refractivity contribution in [3.63, 3.8) is 0 Å². The highest BCUT2D eigenvalue weighted by Crippen LogP contribution is 2.23. The average molecular weight is 275 g/mol. The van der Waals surface area contributed by atoms with E-state index in [0.29, 0.717) is 5.06 Å². The summed E-state index contributed by atoms with van der Waals surface area (Å²) in [5.41, 5.74) is 0.561. The first kappa shape index (κ1) is 12.4. The molecule has 0 unspecified atom stereocenters. The number of rotatable bonds is 3. The van der Waals surface area contributed by atoms with Gasteiger partial charge < -0.3 is 8.83 Å². The lowest BCUT2D eigenvalue weighted by Crippen LogP contribution is -2.29. The molecule has 0 fully saturated rings. The lowest BCUT2D eigenvalue weighted by atomic mass is 10.1. The number of carbonyl (C=O) groups is 2. The van der Waals surface area contributed by atoms with E-state index in [9.17, 15) is 14.4 Å². The van der Waals surface area contributed by atoms with Crippen molar-refractivity contribution in [2.75, 3.05) is 0 Å². The zero-order valence-corrected chi connectivity index (χ0v) is 10.4. The van der Waals surface area contributed by atoms with Gasteiger partial charge in [-0.15, -0.1) is 5.06 Å². The molecule has 0 bridgehead atoms. The summed E-state index contributed by atoms with van der Waals surface area (Å²) in [6.45, 7) is 1.27. The van der Waals surface area contributed by atoms with Crippen LogP contribution in [0.3, 0.4) is 0 Å². The number of fused-ring (bicyclic) bond motifs is 1. The minimum atomic E-state index is -0.858. The van der Waals surface area contributed by atoms with Crippen molar-refractivity contribution in [3.05, 3.63) is 57.5 Å². The standard InChI is InChI=1S/C13H9NO6/c1-7-10(20-13(17)19-7)6-18-14-11(15)8-4-2-3-5-9(8)12(14)16/h2-5H,6H2,1H3. The fraction of sp³-hybridized carbons (Fsp3) is 0.154. The molecule has 1 aliphatic rings. The van der Waals surface area contributed by atoms with Crippen molar-refractivity contribution in [2.24, 2.45) is 0 Å². The molecule has 0 saturated carbocycles. The summed E-state index contributed by atoms with van der Waals surface area (Å²) in [6.07, 6.45) is 0. The third-order valence-electron chi connectivity index (χ3n) is 2.92. The SMILES string of the molecule is Cc1oc(=O)oc1CON1C(=O)c2ccccc2C1=O. The Morgan fingerprint density at radius 2 is 1.65 bits per heavy atom. The smallest absolute Gasteiger partial charge is 0.396 e. The molecule has 7 heteroatoms. The number of hydroxylamine groups is 2. The second-order valence-electron chi connectivity index (χ2n) is 4.16. The van der Waals surface area contributed by atoms with E-state index in [1.54, 1.807) is 24.3 Å². The van der Waals surface area contributed by atoms with Gasteiger partial charge in [0, 0.05) is 0 Å². The van der Waals surface area contributed by atoms with Gasteiger partial charge in [0.1, 0.15) is 12.4 Å². The van der Waals surface area contributed by atoms with Crippen LogP contribution < -0.4 is 5.82 Å². The number of carbonyl (C=O) groups excluding carboxylic acids is 2. The first-order valence-corrected chi connectivity index (χ1v) is 5.78. The predicted octanol–water partition coefficient (Wildman–Crippen LogP) is 1.27. The summed E-state index contributed by atoms with van der Waals surface area (Å²) in [6, 6.07) is 6.41. The Balaban J connectivity index is 1.80. The summed E-state index contributed by atoms with van der Waals surface area (Å²) in [4.78, 5) is 40.0. The van der Waals surface area contributed by atoms with E-state index in [1.807, 2.05) is 0 Å². The molecule has 0 spiro atoms. The van der Waals surface area contributed by atoms with Gasteiger partial charge in [-0.2, -0.15) is 0 Å². The highest BCUT2D eigenvalue weighted by molar-refractivity contribution is 6.20. The molecule has 2 heterocycles. The van der Waals surface area contributed by atoms with Crippen molar-refractivity contribution in [1.29, 1.82) is 0 Å². The van der Waals surface area contributed by atoms with Crippen LogP contribution in [0.1, 0.15) is 32.2 Å². The Bertz CT molecular complexity index is 721. The first-order chi connectivity index (χ1) is 9.58. The van der Waals surface area contributed by atoms with Gasteiger partial charge in [-0.3, -0.25) is 14.4 Å². The van der Waals surface area contributed by atoms with E-state index in [2.05, 4.69) is 4.42 Å². The van der Waals surface area contributed by atoms with Crippen molar-refractivity contribution >= 4 is 11.8 Å². The average Bonchev–Trinajstić information content (AvgIpc) is 2.87. The number of aryl methyl sites for hydroxylation is 1. The number of nitrogens with zero attached hydrogens (tertiary/aromatic N) is 1. The molecule has 0 radical (unpaired) electrons. The van der Waals surface area contributed by atoms with Crippen molar-refractivity contribution in [2.45, 2.75) is 13.5 Å². The van der Waals surface area contributed by atoms with Gasteiger partial charge >= 0.3 is 5.82 Å². The maximum absolute atomic E-state index is 12.0.